The van der Waals surface area contributed by atoms with Gasteiger partial charge in [-0.05, 0) is 23.7 Å². The van der Waals surface area contributed by atoms with Gasteiger partial charge in [0.15, 0.2) is 1.41 Å². The first-order valence-corrected chi connectivity index (χ1v) is 4.90. The molecule has 0 aromatic heterocycles. The molecule has 0 saturated carbocycles. The number of rotatable bonds is 5. The summed E-state index contributed by atoms with van der Waals surface area (Å²) in [6, 6.07) is -8.38. The van der Waals surface area contributed by atoms with E-state index < -0.39 is 77.2 Å². The summed E-state index contributed by atoms with van der Waals surface area (Å²) in [7, 11) is 0. The monoisotopic (exact) mass is 266 g/mol. The number of urea groups is 1. The largest absolute Gasteiger partial charge is 0.481 e. The summed E-state index contributed by atoms with van der Waals surface area (Å²) in [4.78, 5) is 23.7. The number of nitrogens with one attached hydrogen (secondary N) is 2. The molecule has 5 nitrogen and oxygen atoms in total. The Morgan fingerprint density at radius 2 is 2.81 bits per heavy atom. The van der Waals surface area contributed by atoms with Crippen LogP contribution in [0.15, 0.2) is 0 Å². The van der Waals surface area contributed by atoms with Gasteiger partial charge in [0.25, 0.3) is 1.43 Å². The summed E-state index contributed by atoms with van der Waals surface area (Å²) >= 11 is -8.28. The van der Waals surface area contributed by atoms with Crippen molar-refractivity contribution in [1.82, 2.24) is 10.6 Å². The zero-order valence-corrected chi connectivity index (χ0v) is 8.47. The van der Waals surface area contributed by atoms with Gasteiger partial charge in [0.1, 0.15) is 0 Å². The van der Waals surface area contributed by atoms with E-state index in [-0.39, 0.29) is 0 Å². The van der Waals surface area contributed by atoms with Gasteiger partial charge >= 0.3 is 12.0 Å². The standard InChI is InChI=1S/C10H20N2O3S/c13-8(14)4-2-1-3-7-9-6(5-16-7)11-10(15)12-9/h6-7,9H,1-5H2,16H4,(H,13,14)(H2,11,12,15)/t6-,7-,9-/m0/s1/i1D2,2D2,3D2,4D2,5D2,6D,7D,16D4/hD2. The van der Waals surface area contributed by atoms with Crippen molar-refractivity contribution in [2.24, 2.45) is 0 Å². The highest BCUT2D eigenvalue weighted by Crippen LogP contribution is 2.33. The number of amides is 2. The van der Waals surface area contributed by atoms with Crippen LogP contribution < -0.4 is 10.6 Å². The number of fused-ring (bicyclic) bond motifs is 1. The minimum atomic E-state index is -8.28. The maximum Gasteiger partial charge on any atom is 0.315 e. The van der Waals surface area contributed by atoms with E-state index in [9.17, 15) is 9.59 Å². The van der Waals surface area contributed by atoms with Gasteiger partial charge in [-0.15, -0.1) is 0 Å². The minimum absolute atomic E-state index is 0.572. The highest BCUT2D eigenvalue weighted by Gasteiger charge is 2.40. The number of carboxylic acid groups (broad SMARTS) is 1. The third kappa shape index (κ3) is 2.61. The first-order valence-electron chi connectivity index (χ1n) is 12.6. The van der Waals surface area contributed by atoms with E-state index in [0.29, 0.717) is 0 Å². The Bertz CT molecular complexity index is 964. The van der Waals surface area contributed by atoms with E-state index in [4.69, 9.17) is 23.8 Å². The van der Waals surface area contributed by atoms with Crippen LogP contribution >= 0.6 is 11.4 Å². The lowest BCUT2D eigenvalue weighted by atomic mass is 10.0. The molecule has 2 rings (SSSR count). The molecule has 0 unspecified atom stereocenters. The molecule has 2 aliphatic heterocycles. The van der Waals surface area contributed by atoms with Crippen LogP contribution in [0.1, 0.15) is 41.9 Å². The second-order valence-corrected chi connectivity index (χ2v) is 3.58. The lowest BCUT2D eigenvalue weighted by Gasteiger charge is -2.18. The molecule has 3 atom stereocenters. The predicted molar refractivity (Wildman–Crippen MR) is 67.2 cm³/mol. The average Bonchev–Trinajstić information content (AvgIpc) is 2.92. The molecule has 0 aromatic rings. The lowest BCUT2D eigenvalue weighted by molar-refractivity contribution is -0.137. The van der Waals surface area contributed by atoms with Crippen LogP contribution in [0.4, 0.5) is 4.79 Å². The highest BCUT2D eigenvalue weighted by atomic mass is 32.2. The molecule has 94 valence electrons. The van der Waals surface area contributed by atoms with Crippen molar-refractivity contribution >= 4 is 23.4 Å². The molecule has 0 bridgehead atoms. The molecule has 0 radical (unpaired) electrons. The zero-order chi connectivity index (χ0) is 27.6. The second kappa shape index (κ2) is 4.95. The summed E-state index contributed by atoms with van der Waals surface area (Å²) in [5, 5.41) is -0.248. The molecule has 0 aromatic carbocycles. The third-order valence-corrected chi connectivity index (χ3v) is 2.57. The Morgan fingerprint density at radius 1 is 1.94 bits per heavy atom. The maximum absolute atomic E-state index is 12.0. The summed E-state index contributed by atoms with van der Waals surface area (Å²) in [6.45, 7) is 0. The fourth-order valence-electron chi connectivity index (χ4n) is 1.11. The fraction of sp³-hybridized carbons (Fsp3) is 0.800. The molecule has 0 spiro atoms. The third-order valence-electron chi connectivity index (χ3n) is 1.70. The Labute approximate surface area is 123 Å². The van der Waals surface area contributed by atoms with Crippen LogP contribution in [-0.4, -0.2) is 44.6 Å². The lowest BCUT2D eigenvalue weighted by Crippen LogP contribution is -2.36. The van der Waals surface area contributed by atoms with Crippen LogP contribution in [0.5, 0.6) is 0 Å². The Kier molecular flexibility index (Phi) is 0.797. The number of carbonyl (C=O) groups excluding carboxylic acids is 1. The van der Waals surface area contributed by atoms with E-state index in [1.165, 1.54) is 0 Å². The fourth-order valence-corrected chi connectivity index (χ4v) is 1.88. The highest BCUT2D eigenvalue weighted by molar-refractivity contribution is 8.00. The van der Waals surface area contributed by atoms with E-state index in [0.717, 1.165) is 0 Å². The molecule has 2 fully saturated rings. The molecule has 6 heteroatoms. The molecular formula is C10H20N2O3S. The molecule has 16 heavy (non-hydrogen) atoms. The summed E-state index contributed by atoms with van der Waals surface area (Å²) in [6.07, 6.45) is -17.9. The van der Waals surface area contributed by atoms with Crippen LogP contribution in [0.3, 0.4) is 0 Å². The van der Waals surface area contributed by atoms with E-state index in [1.807, 2.05) is 0 Å². The van der Waals surface area contributed by atoms with Crippen LogP contribution in [0, 0.1) is 0 Å². The number of aliphatic carboxylic acids is 1. The molecule has 2 heterocycles. The molecule has 2 aliphatic rings. The normalized spacial score (nSPS) is 78.6. The number of hydrogen-bond donors (Lipinski definition) is 3. The van der Waals surface area contributed by atoms with Gasteiger partial charge in [0, 0.05) is 21.5 Å². The zero-order valence-electron chi connectivity index (χ0n) is 25.7. The van der Waals surface area contributed by atoms with Gasteiger partial charge in [-0.2, -0.15) is 0 Å². The number of carbonyl (C=O) groups is 2. The first-order chi connectivity index (χ1) is 14.4. The van der Waals surface area contributed by atoms with Crippen molar-refractivity contribution in [3.63, 3.8) is 0 Å². The summed E-state index contributed by atoms with van der Waals surface area (Å²) in [5.74, 6) is -2.36. The van der Waals surface area contributed by atoms with Crippen molar-refractivity contribution in [1.29, 1.82) is 5.93 Å². The number of hydrogen-bond acceptors (Lipinski definition) is 3. The van der Waals surface area contributed by atoms with Crippen molar-refractivity contribution < 1.29 is 32.6 Å². The molecule has 2 amide bonds. The van der Waals surface area contributed by atoms with Crippen molar-refractivity contribution in [2.75, 3.05) is 5.70 Å². The van der Waals surface area contributed by atoms with Gasteiger partial charge in [-0.25, -0.2) is 4.79 Å². The average molecular weight is 266 g/mol. The molecule has 0 aliphatic carbocycles. The molecular weight excluding hydrogens is 228 g/mol. The molecule has 3 N–H and O–H groups in total. The van der Waals surface area contributed by atoms with Crippen molar-refractivity contribution in [2.45, 2.75) is 42.8 Å². The summed E-state index contributed by atoms with van der Waals surface area (Å²) in [5.41, 5.74) is -4.37. The van der Waals surface area contributed by atoms with Crippen molar-refractivity contribution in [3.8, 4) is 0 Å². The van der Waals surface area contributed by atoms with Gasteiger partial charge in [0.05, 0.1) is 17.9 Å². The van der Waals surface area contributed by atoms with Crippen LogP contribution in [-0.2, 0) is 4.79 Å². The van der Waals surface area contributed by atoms with Gasteiger partial charge in [-0.1, -0.05) is 6.37 Å². The maximum atomic E-state index is 12.0. The Balaban J connectivity index is 3.02. The van der Waals surface area contributed by atoms with Crippen LogP contribution in [0.2, 0.25) is 1.41 Å². The Morgan fingerprint density at radius 3 is 3.62 bits per heavy atom. The topological polar surface area (TPSA) is 78.4 Å². The van der Waals surface area contributed by atoms with Gasteiger partial charge in [-0.3, -0.25) is 4.79 Å². The van der Waals surface area contributed by atoms with Crippen molar-refractivity contribution in [3.05, 3.63) is 0 Å². The second-order valence-electron chi connectivity index (χ2n) is 2.74. The SMILES string of the molecule is [2H]OC(=O)C([2H])([2H])C([2H])([2H])C([2H])([2H])C([2H])([2H])[C@@]1([2H])[C@H]2NC(=O)N([2H])[C@@]2([2H])C([2H])([2H])S1([2H])([2H])([2H])[2H]. The van der Waals surface area contributed by atoms with Crippen LogP contribution in [0.25, 0.3) is 1.43 Å². The minimum Gasteiger partial charge on any atom is -0.481 e. The molecule has 2 saturated heterocycles. The van der Waals surface area contributed by atoms with Gasteiger partial charge in [0.2, 0.25) is 0 Å². The predicted octanol–water partition coefficient (Wildman–Crippen LogP) is -0.274. The quantitative estimate of drug-likeness (QED) is 0.599. The Hall–Kier alpha value is -0.910. The van der Waals surface area contributed by atoms with E-state index in [2.05, 4.69) is 5.11 Å². The van der Waals surface area contributed by atoms with Gasteiger partial charge < -0.3 is 27.1 Å². The summed E-state index contributed by atoms with van der Waals surface area (Å²) < 4.78 is 144. The number of carboxylic acids is 1. The van der Waals surface area contributed by atoms with E-state index in [1.54, 1.807) is 5.32 Å². The smallest absolute Gasteiger partial charge is 0.315 e. The first kappa shape index (κ1) is 2.58. The van der Waals surface area contributed by atoms with E-state index >= 15 is 0 Å².